The van der Waals surface area contributed by atoms with Gasteiger partial charge in [0.2, 0.25) is 0 Å². The molecule has 1 N–H and O–H groups in total. The molecule has 1 amide bonds. The molecule has 0 aliphatic heterocycles. The molecule has 0 spiro atoms. The van der Waals surface area contributed by atoms with Gasteiger partial charge in [0.15, 0.2) is 0 Å². The van der Waals surface area contributed by atoms with Gasteiger partial charge in [0.05, 0.1) is 17.2 Å². The third-order valence-corrected chi connectivity index (χ3v) is 2.56. The molecule has 1 aromatic rings. The zero-order valence-electron chi connectivity index (χ0n) is 8.31. The number of carbonyl (C=O) groups excluding carboxylic acids is 1. The van der Waals surface area contributed by atoms with Crippen molar-refractivity contribution in [3.63, 3.8) is 0 Å². The number of halogens is 4. The molecule has 1 aromatic carbocycles. The lowest BCUT2D eigenvalue weighted by molar-refractivity contribution is -0.137. The minimum Gasteiger partial charge on any atom is -0.339 e. The number of nitrogens with one attached hydrogen (secondary N) is 1. The number of hydrogen-bond acceptors (Lipinski definition) is 2. The lowest BCUT2D eigenvalue weighted by Gasteiger charge is -2.09. The van der Waals surface area contributed by atoms with Crippen molar-refractivity contribution in [3.8, 4) is 6.07 Å². The van der Waals surface area contributed by atoms with Crippen LogP contribution < -0.4 is 5.32 Å². The van der Waals surface area contributed by atoms with Gasteiger partial charge >= 0.3 is 6.18 Å². The number of nitriles is 1. The minimum absolute atomic E-state index is 0.157. The second-order valence-electron chi connectivity index (χ2n) is 3.03. The molecule has 0 heterocycles. The van der Waals surface area contributed by atoms with E-state index < -0.39 is 17.6 Å². The standard InChI is InChI=1S/C10H6BrF3N2O/c11-8-2-1-6(10(12,13)14)5-7(8)9(17)16-4-3-15/h1-2,5H,4H2,(H,16,17). The molecule has 1 rings (SSSR count). The molecular weight excluding hydrogens is 301 g/mol. The summed E-state index contributed by atoms with van der Waals surface area (Å²) in [6.07, 6.45) is -4.51. The predicted molar refractivity (Wildman–Crippen MR) is 57.1 cm³/mol. The van der Waals surface area contributed by atoms with Gasteiger partial charge in [-0.2, -0.15) is 18.4 Å². The molecule has 90 valence electrons. The summed E-state index contributed by atoms with van der Waals surface area (Å²) >= 11 is 2.98. The van der Waals surface area contributed by atoms with Crippen LogP contribution in [0.4, 0.5) is 13.2 Å². The highest BCUT2D eigenvalue weighted by molar-refractivity contribution is 9.10. The Balaban J connectivity index is 3.07. The van der Waals surface area contributed by atoms with Crippen LogP contribution in [0.3, 0.4) is 0 Å². The molecule has 0 unspecified atom stereocenters. The van der Waals surface area contributed by atoms with Gasteiger partial charge in [0.1, 0.15) is 6.54 Å². The highest BCUT2D eigenvalue weighted by atomic mass is 79.9. The molecule has 3 nitrogen and oxygen atoms in total. The fourth-order valence-corrected chi connectivity index (χ4v) is 1.52. The largest absolute Gasteiger partial charge is 0.416 e. The fourth-order valence-electron chi connectivity index (χ4n) is 1.09. The molecule has 0 saturated heterocycles. The molecule has 0 aliphatic rings. The summed E-state index contributed by atoms with van der Waals surface area (Å²) in [5.74, 6) is -0.732. The average molecular weight is 307 g/mol. The molecule has 7 heteroatoms. The van der Waals surface area contributed by atoms with Gasteiger partial charge in [-0.15, -0.1) is 0 Å². The van der Waals surface area contributed by atoms with Gasteiger partial charge in [-0.25, -0.2) is 0 Å². The summed E-state index contributed by atoms with van der Waals surface area (Å²) in [4.78, 5) is 11.4. The molecule has 0 bridgehead atoms. The van der Waals surface area contributed by atoms with Crippen LogP contribution in [0.5, 0.6) is 0 Å². The highest BCUT2D eigenvalue weighted by Gasteiger charge is 2.31. The number of alkyl halides is 3. The summed E-state index contributed by atoms with van der Waals surface area (Å²) < 4.78 is 37.5. The van der Waals surface area contributed by atoms with Crippen LogP contribution in [0, 0.1) is 11.3 Å². The highest BCUT2D eigenvalue weighted by Crippen LogP contribution is 2.31. The van der Waals surface area contributed by atoms with E-state index in [1.54, 1.807) is 6.07 Å². The van der Waals surface area contributed by atoms with Crippen LogP contribution in [0.1, 0.15) is 15.9 Å². The van der Waals surface area contributed by atoms with Crippen LogP contribution >= 0.6 is 15.9 Å². The van der Waals surface area contributed by atoms with E-state index in [4.69, 9.17) is 5.26 Å². The predicted octanol–water partition coefficient (Wildman–Crippen LogP) is 2.72. The van der Waals surface area contributed by atoms with Gasteiger partial charge in [0, 0.05) is 4.47 Å². The first-order chi connectivity index (χ1) is 7.86. The summed E-state index contributed by atoms with van der Waals surface area (Å²) in [5, 5.41) is 10.4. The van der Waals surface area contributed by atoms with E-state index in [-0.39, 0.29) is 16.6 Å². The lowest BCUT2D eigenvalue weighted by atomic mass is 10.1. The van der Waals surface area contributed by atoms with E-state index >= 15 is 0 Å². The lowest BCUT2D eigenvalue weighted by Crippen LogP contribution is -2.24. The van der Waals surface area contributed by atoms with Gasteiger partial charge in [0.25, 0.3) is 5.91 Å². The molecular formula is C10H6BrF3N2O. The summed E-state index contributed by atoms with van der Waals surface area (Å²) in [6.45, 7) is -0.262. The maximum Gasteiger partial charge on any atom is 0.416 e. The maximum atomic E-state index is 12.4. The first-order valence-electron chi connectivity index (χ1n) is 4.38. The van der Waals surface area contributed by atoms with Gasteiger partial charge in [-0.05, 0) is 34.1 Å². The number of nitrogens with zero attached hydrogens (tertiary/aromatic N) is 1. The Labute approximate surface area is 103 Å². The summed E-state index contributed by atoms with van der Waals surface area (Å²) in [6, 6.07) is 4.41. The Morgan fingerprint density at radius 2 is 2.12 bits per heavy atom. The second kappa shape index (κ2) is 5.19. The van der Waals surface area contributed by atoms with Crippen molar-refractivity contribution in [3.05, 3.63) is 33.8 Å². The summed E-state index contributed by atoms with van der Waals surface area (Å²) in [7, 11) is 0. The molecule has 0 saturated carbocycles. The van der Waals surface area contributed by atoms with E-state index in [2.05, 4.69) is 21.2 Å². The quantitative estimate of drug-likeness (QED) is 0.854. The van der Waals surface area contributed by atoms with Crippen molar-refractivity contribution in [2.75, 3.05) is 6.54 Å². The topological polar surface area (TPSA) is 52.9 Å². The smallest absolute Gasteiger partial charge is 0.339 e. The van der Waals surface area contributed by atoms with Crippen LogP contribution in [0.25, 0.3) is 0 Å². The van der Waals surface area contributed by atoms with Gasteiger partial charge in [-0.3, -0.25) is 4.79 Å². The van der Waals surface area contributed by atoms with Crippen LogP contribution in [-0.2, 0) is 6.18 Å². The molecule has 0 aliphatic carbocycles. The number of carbonyl (C=O) groups is 1. The summed E-state index contributed by atoms with van der Waals surface area (Å²) in [5.41, 5.74) is -1.07. The van der Waals surface area contributed by atoms with E-state index in [0.29, 0.717) is 0 Å². The maximum absolute atomic E-state index is 12.4. The zero-order valence-corrected chi connectivity index (χ0v) is 9.89. The fraction of sp³-hybridized carbons (Fsp3) is 0.200. The van der Waals surface area contributed by atoms with E-state index in [0.717, 1.165) is 18.2 Å². The van der Waals surface area contributed by atoms with Crippen LogP contribution in [0.2, 0.25) is 0 Å². The Bertz CT molecular complexity index is 479. The van der Waals surface area contributed by atoms with Gasteiger partial charge < -0.3 is 5.32 Å². The van der Waals surface area contributed by atoms with Crippen molar-refractivity contribution >= 4 is 21.8 Å². The molecule has 0 radical (unpaired) electrons. The Morgan fingerprint density at radius 1 is 1.47 bits per heavy atom. The second-order valence-corrected chi connectivity index (χ2v) is 3.89. The first kappa shape index (κ1) is 13.5. The Hall–Kier alpha value is -1.55. The Morgan fingerprint density at radius 3 is 2.65 bits per heavy atom. The number of amides is 1. The van der Waals surface area contributed by atoms with Crippen LogP contribution in [0.15, 0.2) is 22.7 Å². The van der Waals surface area contributed by atoms with E-state index in [9.17, 15) is 18.0 Å². The Kier molecular flexibility index (Phi) is 4.12. The molecule has 17 heavy (non-hydrogen) atoms. The van der Waals surface area contributed by atoms with Crippen molar-refractivity contribution in [1.82, 2.24) is 5.32 Å². The zero-order chi connectivity index (χ0) is 13.1. The molecule has 0 atom stereocenters. The molecule has 0 fully saturated rings. The van der Waals surface area contributed by atoms with Crippen LogP contribution in [-0.4, -0.2) is 12.5 Å². The molecule has 0 aromatic heterocycles. The number of benzene rings is 1. The van der Waals surface area contributed by atoms with Crippen molar-refractivity contribution in [1.29, 1.82) is 5.26 Å². The monoisotopic (exact) mass is 306 g/mol. The van der Waals surface area contributed by atoms with Crippen molar-refractivity contribution < 1.29 is 18.0 Å². The third-order valence-electron chi connectivity index (χ3n) is 1.87. The SMILES string of the molecule is N#CCNC(=O)c1cc(C(F)(F)F)ccc1Br. The normalized spacial score (nSPS) is 10.8. The van der Waals surface area contributed by atoms with E-state index in [1.165, 1.54) is 0 Å². The van der Waals surface area contributed by atoms with Crippen molar-refractivity contribution in [2.45, 2.75) is 6.18 Å². The van der Waals surface area contributed by atoms with E-state index in [1.807, 2.05) is 0 Å². The minimum atomic E-state index is -4.51. The number of hydrogen-bond donors (Lipinski definition) is 1. The third kappa shape index (κ3) is 3.46. The van der Waals surface area contributed by atoms with Crippen molar-refractivity contribution in [2.24, 2.45) is 0 Å². The number of rotatable bonds is 2. The van der Waals surface area contributed by atoms with Gasteiger partial charge in [-0.1, -0.05) is 0 Å². The first-order valence-corrected chi connectivity index (χ1v) is 5.17. The average Bonchev–Trinajstić information content (AvgIpc) is 2.24.